The SMILES string of the molecule is CC(C)(C)c1ccc(NC(=O)NCC#CCOc2ccc3cccnc3c2)cc1. The topological polar surface area (TPSA) is 63.2 Å². The molecule has 0 aliphatic heterocycles. The van der Waals surface area contributed by atoms with Crippen molar-refractivity contribution >= 4 is 22.6 Å². The van der Waals surface area contributed by atoms with E-state index < -0.39 is 0 Å². The maximum atomic E-state index is 11.9. The summed E-state index contributed by atoms with van der Waals surface area (Å²) in [5.74, 6) is 6.48. The normalized spacial score (nSPS) is 10.7. The number of hydrogen-bond acceptors (Lipinski definition) is 3. The monoisotopic (exact) mass is 387 g/mol. The van der Waals surface area contributed by atoms with Crippen LogP contribution in [0.25, 0.3) is 10.9 Å². The van der Waals surface area contributed by atoms with E-state index in [4.69, 9.17) is 4.74 Å². The molecule has 2 amide bonds. The summed E-state index contributed by atoms with van der Waals surface area (Å²) in [4.78, 5) is 16.2. The van der Waals surface area contributed by atoms with E-state index in [2.05, 4.69) is 48.2 Å². The van der Waals surface area contributed by atoms with Gasteiger partial charge in [-0.1, -0.05) is 50.8 Å². The summed E-state index contributed by atoms with van der Waals surface area (Å²) in [6, 6.07) is 17.2. The van der Waals surface area contributed by atoms with Crippen molar-refractivity contribution in [2.24, 2.45) is 0 Å². The molecule has 0 aliphatic carbocycles. The van der Waals surface area contributed by atoms with Crippen LogP contribution in [0.4, 0.5) is 10.5 Å². The second-order valence-corrected chi connectivity index (χ2v) is 7.64. The van der Waals surface area contributed by atoms with Gasteiger partial charge in [0.15, 0.2) is 0 Å². The summed E-state index contributed by atoms with van der Waals surface area (Å²) in [6.45, 7) is 6.95. The first-order chi connectivity index (χ1) is 13.9. The van der Waals surface area contributed by atoms with Gasteiger partial charge in [0.25, 0.3) is 0 Å². The van der Waals surface area contributed by atoms with Crippen molar-refractivity contribution in [2.45, 2.75) is 26.2 Å². The Bertz CT molecular complexity index is 1040. The zero-order chi connectivity index (χ0) is 20.7. The van der Waals surface area contributed by atoms with Crippen molar-refractivity contribution in [3.8, 4) is 17.6 Å². The molecule has 0 aliphatic rings. The van der Waals surface area contributed by atoms with E-state index in [1.165, 1.54) is 5.56 Å². The molecule has 0 atom stereocenters. The van der Waals surface area contributed by atoms with Gasteiger partial charge in [-0.05, 0) is 41.3 Å². The van der Waals surface area contributed by atoms with Gasteiger partial charge in [0.1, 0.15) is 12.4 Å². The third kappa shape index (κ3) is 5.98. The minimum absolute atomic E-state index is 0.0851. The lowest BCUT2D eigenvalue weighted by Crippen LogP contribution is -2.29. The number of ether oxygens (including phenoxy) is 1. The van der Waals surface area contributed by atoms with Crippen LogP contribution in [-0.2, 0) is 5.41 Å². The van der Waals surface area contributed by atoms with Crippen molar-refractivity contribution in [1.82, 2.24) is 10.3 Å². The van der Waals surface area contributed by atoms with Gasteiger partial charge in [-0.3, -0.25) is 4.98 Å². The molecule has 0 bridgehead atoms. The Balaban J connectivity index is 1.40. The van der Waals surface area contributed by atoms with E-state index in [0.29, 0.717) is 0 Å². The fourth-order valence-corrected chi connectivity index (χ4v) is 2.72. The van der Waals surface area contributed by atoms with Crippen molar-refractivity contribution in [3.63, 3.8) is 0 Å². The van der Waals surface area contributed by atoms with E-state index in [0.717, 1.165) is 22.3 Å². The van der Waals surface area contributed by atoms with Crippen LogP contribution < -0.4 is 15.4 Å². The summed E-state index contributed by atoms with van der Waals surface area (Å²) >= 11 is 0. The van der Waals surface area contributed by atoms with Gasteiger partial charge in [-0.25, -0.2) is 4.79 Å². The molecule has 0 saturated carbocycles. The van der Waals surface area contributed by atoms with Crippen LogP contribution in [0.1, 0.15) is 26.3 Å². The van der Waals surface area contributed by atoms with E-state index in [9.17, 15) is 4.79 Å². The molecule has 3 aromatic rings. The maximum Gasteiger partial charge on any atom is 0.319 e. The molecule has 0 spiro atoms. The van der Waals surface area contributed by atoms with Gasteiger partial charge in [-0.2, -0.15) is 0 Å². The van der Waals surface area contributed by atoms with Gasteiger partial charge < -0.3 is 15.4 Å². The summed E-state index contributed by atoms with van der Waals surface area (Å²) < 4.78 is 5.61. The number of aromatic nitrogens is 1. The Kier molecular flexibility index (Phi) is 6.36. The Morgan fingerprint density at radius 1 is 1.07 bits per heavy atom. The number of nitrogens with zero attached hydrogens (tertiary/aromatic N) is 1. The molecular formula is C24H25N3O2. The third-order valence-electron chi connectivity index (χ3n) is 4.36. The molecule has 148 valence electrons. The quantitative estimate of drug-likeness (QED) is 0.636. The van der Waals surface area contributed by atoms with Gasteiger partial charge in [0.05, 0.1) is 12.1 Å². The highest BCUT2D eigenvalue weighted by atomic mass is 16.5. The summed E-state index contributed by atoms with van der Waals surface area (Å²) in [5, 5.41) is 6.57. The molecule has 3 rings (SSSR count). The standard InChI is InChI=1S/C24H25N3O2/c1-24(2,3)19-9-11-20(12-10-19)27-23(28)26-14-4-5-16-29-21-13-8-18-7-6-15-25-22(18)17-21/h6-13,15,17H,14,16H2,1-3H3,(H2,26,27,28). The van der Waals surface area contributed by atoms with Crippen LogP contribution in [0.3, 0.4) is 0 Å². The smallest absolute Gasteiger partial charge is 0.319 e. The molecule has 5 heteroatoms. The molecule has 0 unspecified atom stereocenters. The van der Waals surface area contributed by atoms with Crippen LogP contribution in [0.5, 0.6) is 5.75 Å². The van der Waals surface area contributed by atoms with E-state index in [-0.39, 0.29) is 24.6 Å². The number of benzene rings is 2. The molecule has 1 aromatic heterocycles. The Hall–Kier alpha value is -3.52. The molecule has 5 nitrogen and oxygen atoms in total. The zero-order valence-electron chi connectivity index (χ0n) is 17.0. The summed E-state index contributed by atoms with van der Waals surface area (Å²) in [6.07, 6.45) is 1.75. The van der Waals surface area contributed by atoms with Crippen LogP contribution in [-0.4, -0.2) is 24.2 Å². The number of rotatable bonds is 4. The first-order valence-electron chi connectivity index (χ1n) is 9.50. The van der Waals surface area contributed by atoms with Crippen LogP contribution >= 0.6 is 0 Å². The van der Waals surface area contributed by atoms with Gasteiger partial charge in [0.2, 0.25) is 0 Å². The van der Waals surface area contributed by atoms with Crippen molar-refractivity contribution in [1.29, 1.82) is 0 Å². The number of carbonyl (C=O) groups excluding carboxylic acids is 1. The highest BCUT2D eigenvalue weighted by molar-refractivity contribution is 5.89. The largest absolute Gasteiger partial charge is 0.481 e. The molecule has 29 heavy (non-hydrogen) atoms. The molecule has 0 saturated heterocycles. The van der Waals surface area contributed by atoms with E-state index in [1.807, 2.05) is 54.6 Å². The first-order valence-corrected chi connectivity index (χ1v) is 9.50. The fourth-order valence-electron chi connectivity index (χ4n) is 2.72. The van der Waals surface area contributed by atoms with Gasteiger partial charge in [0, 0.05) is 23.3 Å². The lowest BCUT2D eigenvalue weighted by atomic mass is 9.87. The highest BCUT2D eigenvalue weighted by Gasteiger charge is 2.13. The number of nitrogens with one attached hydrogen (secondary N) is 2. The average Bonchev–Trinajstić information content (AvgIpc) is 2.70. The zero-order valence-corrected chi connectivity index (χ0v) is 17.0. The number of carbonyl (C=O) groups is 1. The number of urea groups is 1. The number of anilines is 1. The minimum Gasteiger partial charge on any atom is -0.481 e. The summed E-state index contributed by atoms with van der Waals surface area (Å²) in [5.41, 5.74) is 2.93. The number of hydrogen-bond donors (Lipinski definition) is 2. The average molecular weight is 387 g/mol. The molecule has 2 aromatic carbocycles. The van der Waals surface area contributed by atoms with E-state index >= 15 is 0 Å². The molecule has 1 heterocycles. The first kappa shape index (κ1) is 20.2. The molecular weight excluding hydrogens is 362 g/mol. The predicted molar refractivity (Wildman–Crippen MR) is 117 cm³/mol. The Labute approximate surface area is 171 Å². The summed E-state index contributed by atoms with van der Waals surface area (Å²) in [7, 11) is 0. The second-order valence-electron chi connectivity index (χ2n) is 7.64. The van der Waals surface area contributed by atoms with Crippen LogP contribution in [0, 0.1) is 11.8 Å². The van der Waals surface area contributed by atoms with Crippen molar-refractivity contribution < 1.29 is 9.53 Å². The third-order valence-corrected chi connectivity index (χ3v) is 4.36. The Morgan fingerprint density at radius 2 is 1.86 bits per heavy atom. The lowest BCUT2D eigenvalue weighted by molar-refractivity contribution is 0.253. The van der Waals surface area contributed by atoms with Crippen LogP contribution in [0.2, 0.25) is 0 Å². The molecule has 0 radical (unpaired) electrons. The fraction of sp³-hybridized carbons (Fsp3) is 0.250. The van der Waals surface area contributed by atoms with E-state index in [1.54, 1.807) is 6.20 Å². The predicted octanol–water partition coefficient (Wildman–Crippen LogP) is 4.74. The van der Waals surface area contributed by atoms with Gasteiger partial charge >= 0.3 is 6.03 Å². The number of pyridine rings is 1. The van der Waals surface area contributed by atoms with Gasteiger partial charge in [-0.15, -0.1) is 0 Å². The number of fused-ring (bicyclic) bond motifs is 1. The lowest BCUT2D eigenvalue weighted by Gasteiger charge is -2.19. The second kappa shape index (κ2) is 9.11. The maximum absolute atomic E-state index is 11.9. The highest BCUT2D eigenvalue weighted by Crippen LogP contribution is 2.23. The molecule has 0 fully saturated rings. The van der Waals surface area contributed by atoms with Crippen molar-refractivity contribution in [2.75, 3.05) is 18.5 Å². The number of amides is 2. The molecule has 2 N–H and O–H groups in total. The minimum atomic E-state index is -0.288. The van der Waals surface area contributed by atoms with Crippen molar-refractivity contribution in [3.05, 3.63) is 66.4 Å². The Morgan fingerprint density at radius 3 is 2.62 bits per heavy atom. The van der Waals surface area contributed by atoms with Crippen LogP contribution in [0.15, 0.2) is 60.8 Å².